The zero-order chi connectivity index (χ0) is 23.4. The maximum absolute atomic E-state index is 13.3. The van der Waals surface area contributed by atoms with Gasteiger partial charge in [-0.2, -0.15) is 4.31 Å². The lowest BCUT2D eigenvalue weighted by Gasteiger charge is -2.37. The van der Waals surface area contributed by atoms with Crippen LogP contribution < -0.4 is 4.74 Å². The van der Waals surface area contributed by atoms with Gasteiger partial charge in [-0.1, -0.05) is 29.8 Å². The molecule has 0 saturated carbocycles. The molecule has 0 spiro atoms. The number of benzene rings is 2. The maximum atomic E-state index is 13.3. The Morgan fingerprint density at radius 1 is 0.970 bits per heavy atom. The summed E-state index contributed by atoms with van der Waals surface area (Å²) in [5, 5.41) is 0. The van der Waals surface area contributed by atoms with Gasteiger partial charge in [-0.25, -0.2) is 8.42 Å². The van der Waals surface area contributed by atoms with Crippen LogP contribution in [0.1, 0.15) is 30.9 Å². The second kappa shape index (κ2) is 10.2. The first-order valence-corrected chi connectivity index (χ1v) is 13.1. The number of piperazine rings is 1. The van der Waals surface area contributed by atoms with Crippen LogP contribution in [0.4, 0.5) is 0 Å². The van der Waals surface area contributed by atoms with Gasteiger partial charge in [0.05, 0.1) is 11.5 Å². The summed E-state index contributed by atoms with van der Waals surface area (Å²) in [5.41, 5.74) is 2.22. The molecule has 0 radical (unpaired) electrons. The molecule has 0 aliphatic carbocycles. The summed E-state index contributed by atoms with van der Waals surface area (Å²) < 4.78 is 33.3. The van der Waals surface area contributed by atoms with E-state index in [0.29, 0.717) is 39.1 Å². The van der Waals surface area contributed by atoms with E-state index in [0.717, 1.165) is 30.9 Å². The molecular weight excluding hydrogens is 438 g/mol. The number of carbonyl (C=O) groups is 1. The van der Waals surface area contributed by atoms with Crippen LogP contribution in [0.5, 0.6) is 5.75 Å². The van der Waals surface area contributed by atoms with E-state index in [9.17, 15) is 13.2 Å². The molecule has 2 fully saturated rings. The number of rotatable bonds is 7. The van der Waals surface area contributed by atoms with Crippen molar-refractivity contribution in [3.63, 3.8) is 0 Å². The fourth-order valence-corrected chi connectivity index (χ4v) is 6.22. The topological polar surface area (TPSA) is 70.2 Å². The maximum Gasteiger partial charge on any atom is 0.243 e. The Kier molecular flexibility index (Phi) is 7.36. The molecule has 33 heavy (non-hydrogen) atoms. The summed E-state index contributed by atoms with van der Waals surface area (Å²) in [6, 6.07) is 14.4. The number of nitrogens with zero attached hydrogens (tertiary/aromatic N) is 3. The van der Waals surface area contributed by atoms with Gasteiger partial charge in [0.25, 0.3) is 0 Å². The highest BCUT2D eigenvalue weighted by atomic mass is 32.2. The van der Waals surface area contributed by atoms with Crippen molar-refractivity contribution in [2.75, 3.05) is 39.3 Å². The van der Waals surface area contributed by atoms with Gasteiger partial charge < -0.3 is 9.64 Å². The van der Waals surface area contributed by atoms with Crippen molar-refractivity contribution < 1.29 is 17.9 Å². The zero-order valence-electron chi connectivity index (χ0n) is 19.4. The predicted molar refractivity (Wildman–Crippen MR) is 128 cm³/mol. The van der Waals surface area contributed by atoms with Crippen molar-refractivity contribution in [3.05, 3.63) is 59.7 Å². The van der Waals surface area contributed by atoms with Crippen molar-refractivity contribution in [1.82, 2.24) is 14.1 Å². The molecule has 2 aliphatic rings. The van der Waals surface area contributed by atoms with Gasteiger partial charge in [0.2, 0.25) is 15.9 Å². The molecule has 0 bridgehead atoms. The molecule has 0 unspecified atom stereocenters. The standard InChI is InChI=1S/C25H33N3O4S/c1-3-32-22-10-8-21(9-11-22)19-26-15-17-27(18-16-26)25(29)24-5-4-14-28(24)33(30,31)23-12-6-20(2)7-13-23/h6-13,24H,3-5,14-19H2,1-2H3/t24-/m0/s1. The van der Waals surface area contributed by atoms with Crippen molar-refractivity contribution in [3.8, 4) is 5.75 Å². The zero-order valence-corrected chi connectivity index (χ0v) is 20.3. The Labute approximate surface area is 197 Å². The largest absolute Gasteiger partial charge is 0.494 e. The number of hydrogen-bond donors (Lipinski definition) is 0. The lowest BCUT2D eigenvalue weighted by molar-refractivity contribution is -0.136. The third-order valence-corrected chi connectivity index (χ3v) is 8.36. The van der Waals surface area contributed by atoms with Crippen molar-refractivity contribution in [1.29, 1.82) is 0 Å². The Hall–Kier alpha value is -2.42. The first-order valence-electron chi connectivity index (χ1n) is 11.7. The summed E-state index contributed by atoms with van der Waals surface area (Å²) in [6.45, 7) is 8.55. The smallest absolute Gasteiger partial charge is 0.243 e. The molecule has 2 aromatic rings. The fraction of sp³-hybridized carbons (Fsp3) is 0.480. The molecule has 2 aliphatic heterocycles. The van der Waals surface area contributed by atoms with Crippen LogP contribution >= 0.6 is 0 Å². The Balaban J connectivity index is 1.35. The molecule has 4 rings (SSSR count). The molecule has 2 aromatic carbocycles. The van der Waals surface area contributed by atoms with E-state index in [1.165, 1.54) is 9.87 Å². The van der Waals surface area contributed by atoms with E-state index in [4.69, 9.17) is 4.74 Å². The van der Waals surface area contributed by atoms with Crippen LogP contribution in [0.3, 0.4) is 0 Å². The van der Waals surface area contributed by atoms with Crippen LogP contribution in [0.25, 0.3) is 0 Å². The molecule has 178 valence electrons. The molecule has 8 heteroatoms. The number of ether oxygens (including phenoxy) is 1. The average molecular weight is 472 g/mol. The first-order chi connectivity index (χ1) is 15.9. The monoisotopic (exact) mass is 471 g/mol. The molecule has 0 aromatic heterocycles. The summed E-state index contributed by atoms with van der Waals surface area (Å²) >= 11 is 0. The van der Waals surface area contributed by atoms with Gasteiger partial charge >= 0.3 is 0 Å². The fourth-order valence-electron chi connectivity index (χ4n) is 4.57. The second-order valence-electron chi connectivity index (χ2n) is 8.77. The lowest BCUT2D eigenvalue weighted by atomic mass is 10.1. The van der Waals surface area contributed by atoms with E-state index in [-0.39, 0.29) is 10.8 Å². The van der Waals surface area contributed by atoms with Crippen molar-refractivity contribution in [2.24, 2.45) is 0 Å². The third-order valence-electron chi connectivity index (χ3n) is 6.44. The average Bonchev–Trinajstić information content (AvgIpc) is 3.32. The van der Waals surface area contributed by atoms with Crippen molar-refractivity contribution in [2.45, 2.75) is 44.2 Å². The second-order valence-corrected chi connectivity index (χ2v) is 10.7. The molecule has 1 amide bonds. The summed E-state index contributed by atoms with van der Waals surface area (Å²) in [7, 11) is -3.68. The number of aryl methyl sites for hydroxylation is 1. The number of sulfonamides is 1. The van der Waals surface area contributed by atoms with E-state index in [1.807, 2.05) is 30.9 Å². The van der Waals surface area contributed by atoms with Crippen molar-refractivity contribution >= 4 is 15.9 Å². The van der Waals surface area contributed by atoms with E-state index >= 15 is 0 Å². The number of carbonyl (C=O) groups excluding carboxylic acids is 1. The van der Waals surface area contributed by atoms with Crippen LogP contribution in [0.2, 0.25) is 0 Å². The predicted octanol–water partition coefficient (Wildman–Crippen LogP) is 2.89. The van der Waals surface area contributed by atoms with Gasteiger partial charge in [-0.05, 0) is 56.5 Å². The Bertz CT molecular complexity index is 1050. The van der Waals surface area contributed by atoms with Crippen LogP contribution in [-0.4, -0.2) is 73.8 Å². The minimum atomic E-state index is -3.68. The normalized spacial score (nSPS) is 20.2. The Morgan fingerprint density at radius 3 is 2.27 bits per heavy atom. The Morgan fingerprint density at radius 2 is 1.64 bits per heavy atom. The van der Waals surface area contributed by atoms with Gasteiger partial charge in [0.15, 0.2) is 0 Å². The quantitative estimate of drug-likeness (QED) is 0.621. The molecule has 1 atom stereocenters. The van der Waals surface area contributed by atoms with Gasteiger partial charge in [0, 0.05) is 39.3 Å². The minimum absolute atomic E-state index is 0.0658. The van der Waals surface area contributed by atoms with Gasteiger partial charge in [-0.15, -0.1) is 0 Å². The summed E-state index contributed by atoms with van der Waals surface area (Å²) in [4.78, 5) is 17.7. The number of hydrogen-bond acceptors (Lipinski definition) is 5. The molecule has 2 saturated heterocycles. The summed E-state index contributed by atoms with van der Waals surface area (Å²) in [6.07, 6.45) is 1.29. The lowest BCUT2D eigenvalue weighted by Crippen LogP contribution is -2.54. The highest BCUT2D eigenvalue weighted by molar-refractivity contribution is 7.89. The molecule has 7 nitrogen and oxygen atoms in total. The highest BCUT2D eigenvalue weighted by Gasteiger charge is 2.41. The van der Waals surface area contributed by atoms with E-state index in [2.05, 4.69) is 17.0 Å². The minimum Gasteiger partial charge on any atom is -0.494 e. The SMILES string of the molecule is CCOc1ccc(CN2CCN(C(=O)[C@@H]3CCCN3S(=O)(=O)c3ccc(C)cc3)CC2)cc1. The molecule has 2 heterocycles. The van der Waals surface area contributed by atoms with Gasteiger partial charge in [0.1, 0.15) is 11.8 Å². The van der Waals surface area contributed by atoms with Crippen LogP contribution in [0, 0.1) is 6.92 Å². The molecular formula is C25H33N3O4S. The van der Waals surface area contributed by atoms with Crippen LogP contribution in [0.15, 0.2) is 53.4 Å². The van der Waals surface area contributed by atoms with Crippen LogP contribution in [-0.2, 0) is 21.4 Å². The molecule has 0 N–H and O–H groups in total. The third kappa shape index (κ3) is 5.39. The van der Waals surface area contributed by atoms with E-state index in [1.54, 1.807) is 24.3 Å². The number of amides is 1. The van der Waals surface area contributed by atoms with E-state index < -0.39 is 16.1 Å². The summed E-state index contributed by atoms with van der Waals surface area (Å²) in [5.74, 6) is 0.808. The first kappa shape index (κ1) is 23.7. The highest BCUT2D eigenvalue weighted by Crippen LogP contribution is 2.28. The van der Waals surface area contributed by atoms with Gasteiger partial charge in [-0.3, -0.25) is 9.69 Å².